The second-order valence-electron chi connectivity index (χ2n) is 3.79. The maximum absolute atomic E-state index is 11.8. The maximum Gasteiger partial charge on any atom is 0.283 e. The topological polar surface area (TPSA) is 42.0 Å². The van der Waals surface area contributed by atoms with Crippen molar-refractivity contribution in [2.24, 2.45) is 0 Å². The molecule has 0 spiro atoms. The van der Waals surface area contributed by atoms with Crippen LogP contribution in [0.5, 0.6) is 0 Å². The van der Waals surface area contributed by atoms with Crippen LogP contribution in [0.15, 0.2) is 53.7 Å². The number of pyridine rings is 1. The number of benzene rings is 1. The molecule has 0 saturated carbocycles. The Bertz CT molecular complexity index is 529. The second kappa shape index (κ2) is 7.21. The smallest absolute Gasteiger partial charge is 0.283 e. The van der Waals surface area contributed by atoms with Gasteiger partial charge in [-0.3, -0.25) is 9.78 Å². The highest BCUT2D eigenvalue weighted by atomic mass is 32.2. The molecule has 0 saturated heterocycles. The number of thioether (sulfide) groups is 2. The lowest BCUT2D eigenvalue weighted by molar-refractivity contribution is 0.269. The standard InChI is InChI=1S/C14H14N2OS2/c1-18-13-6-4-12(5-7-13)16-14(17)19-10-11-3-2-8-15-9-11/h2-9H,10H2,1H3,(H,16,17). The molecule has 2 rings (SSSR count). The molecule has 1 heterocycles. The van der Waals surface area contributed by atoms with E-state index in [2.05, 4.69) is 10.3 Å². The van der Waals surface area contributed by atoms with E-state index in [4.69, 9.17) is 0 Å². The van der Waals surface area contributed by atoms with E-state index in [1.807, 2.05) is 42.7 Å². The van der Waals surface area contributed by atoms with Crippen molar-refractivity contribution >= 4 is 34.5 Å². The number of hydrogen-bond donors (Lipinski definition) is 1. The lowest BCUT2D eigenvalue weighted by Gasteiger charge is -2.05. The average molecular weight is 290 g/mol. The van der Waals surface area contributed by atoms with E-state index in [9.17, 15) is 4.79 Å². The van der Waals surface area contributed by atoms with E-state index in [1.54, 1.807) is 24.2 Å². The zero-order chi connectivity index (χ0) is 13.5. The Labute approximate surface area is 121 Å². The Morgan fingerprint density at radius 2 is 2.05 bits per heavy atom. The van der Waals surface area contributed by atoms with Crippen molar-refractivity contribution < 1.29 is 4.79 Å². The molecule has 0 radical (unpaired) electrons. The number of rotatable bonds is 4. The Kier molecular flexibility index (Phi) is 5.30. The van der Waals surface area contributed by atoms with Gasteiger partial charge in [0.15, 0.2) is 0 Å². The van der Waals surface area contributed by atoms with Crippen molar-refractivity contribution in [3.8, 4) is 0 Å². The van der Waals surface area contributed by atoms with Crippen LogP contribution < -0.4 is 5.32 Å². The first-order chi connectivity index (χ1) is 9.28. The van der Waals surface area contributed by atoms with Gasteiger partial charge in [-0.15, -0.1) is 11.8 Å². The molecule has 0 unspecified atom stereocenters. The van der Waals surface area contributed by atoms with E-state index >= 15 is 0 Å². The Balaban J connectivity index is 1.83. The van der Waals surface area contributed by atoms with Crippen LogP contribution in [0.1, 0.15) is 5.56 Å². The molecule has 0 aliphatic rings. The number of anilines is 1. The molecule has 0 aliphatic heterocycles. The van der Waals surface area contributed by atoms with Crippen molar-refractivity contribution in [2.45, 2.75) is 10.6 Å². The molecular formula is C14H14N2OS2. The fourth-order valence-corrected chi connectivity index (χ4v) is 2.53. The highest BCUT2D eigenvalue weighted by molar-refractivity contribution is 8.13. The van der Waals surface area contributed by atoms with Crippen LogP contribution in [-0.4, -0.2) is 16.5 Å². The predicted octanol–water partition coefficient (Wildman–Crippen LogP) is 4.27. The minimum absolute atomic E-state index is 0.0549. The fourth-order valence-electron chi connectivity index (χ4n) is 1.46. The summed E-state index contributed by atoms with van der Waals surface area (Å²) in [5.41, 5.74) is 1.86. The van der Waals surface area contributed by atoms with Gasteiger partial charge in [-0.2, -0.15) is 0 Å². The maximum atomic E-state index is 11.8. The van der Waals surface area contributed by atoms with Crippen LogP contribution in [0, 0.1) is 0 Å². The van der Waals surface area contributed by atoms with Crippen LogP contribution in [-0.2, 0) is 5.75 Å². The normalized spacial score (nSPS) is 10.2. The van der Waals surface area contributed by atoms with E-state index < -0.39 is 0 Å². The Hall–Kier alpha value is -1.46. The van der Waals surface area contributed by atoms with Crippen molar-refractivity contribution in [3.05, 3.63) is 54.4 Å². The quantitative estimate of drug-likeness (QED) is 0.854. The van der Waals surface area contributed by atoms with Crippen LogP contribution in [0.2, 0.25) is 0 Å². The van der Waals surface area contributed by atoms with Gasteiger partial charge in [0.2, 0.25) is 0 Å². The predicted molar refractivity (Wildman–Crippen MR) is 82.8 cm³/mol. The lowest BCUT2D eigenvalue weighted by atomic mass is 10.3. The summed E-state index contributed by atoms with van der Waals surface area (Å²) >= 11 is 2.92. The van der Waals surface area contributed by atoms with Crippen molar-refractivity contribution in [3.63, 3.8) is 0 Å². The average Bonchev–Trinajstić information content (AvgIpc) is 2.47. The SMILES string of the molecule is CSc1ccc(NC(=O)SCc2cccnc2)cc1. The summed E-state index contributed by atoms with van der Waals surface area (Å²) in [6.07, 6.45) is 5.52. The van der Waals surface area contributed by atoms with Gasteiger partial charge in [-0.05, 0) is 42.2 Å². The molecule has 0 fully saturated rings. The van der Waals surface area contributed by atoms with E-state index in [-0.39, 0.29) is 5.24 Å². The molecule has 3 nitrogen and oxygen atoms in total. The van der Waals surface area contributed by atoms with E-state index in [1.165, 1.54) is 16.7 Å². The first-order valence-electron chi connectivity index (χ1n) is 5.74. The third-order valence-electron chi connectivity index (χ3n) is 2.43. The van der Waals surface area contributed by atoms with Crippen molar-refractivity contribution in [1.29, 1.82) is 0 Å². The molecule has 0 atom stereocenters. The first kappa shape index (κ1) is 14.0. The third-order valence-corrected chi connectivity index (χ3v) is 4.01. The number of aromatic nitrogens is 1. The van der Waals surface area contributed by atoms with Gasteiger partial charge < -0.3 is 5.32 Å². The van der Waals surface area contributed by atoms with Gasteiger partial charge in [0.1, 0.15) is 0 Å². The van der Waals surface area contributed by atoms with Crippen LogP contribution >= 0.6 is 23.5 Å². The Morgan fingerprint density at radius 1 is 1.26 bits per heavy atom. The molecule has 2 aromatic rings. The summed E-state index contributed by atoms with van der Waals surface area (Å²) in [5, 5.41) is 2.80. The number of hydrogen-bond acceptors (Lipinski definition) is 4. The van der Waals surface area contributed by atoms with Gasteiger partial charge in [0.05, 0.1) is 0 Å². The fraction of sp³-hybridized carbons (Fsp3) is 0.143. The van der Waals surface area contributed by atoms with Gasteiger partial charge in [-0.1, -0.05) is 17.8 Å². The third kappa shape index (κ3) is 4.61. The largest absolute Gasteiger partial charge is 0.317 e. The van der Waals surface area contributed by atoms with Gasteiger partial charge in [0, 0.05) is 28.7 Å². The lowest BCUT2D eigenvalue weighted by Crippen LogP contribution is -2.05. The molecule has 1 aromatic carbocycles. The van der Waals surface area contributed by atoms with Crippen LogP contribution in [0.4, 0.5) is 10.5 Å². The number of carbonyl (C=O) groups excluding carboxylic acids is 1. The molecule has 1 amide bonds. The molecule has 1 aromatic heterocycles. The first-order valence-corrected chi connectivity index (χ1v) is 7.95. The highest BCUT2D eigenvalue weighted by Crippen LogP contribution is 2.19. The minimum atomic E-state index is -0.0549. The van der Waals surface area contributed by atoms with E-state index in [0.717, 1.165) is 11.3 Å². The summed E-state index contributed by atoms with van der Waals surface area (Å²) in [6, 6.07) is 11.6. The second-order valence-corrected chi connectivity index (χ2v) is 5.62. The number of nitrogens with one attached hydrogen (secondary N) is 1. The molecule has 0 aliphatic carbocycles. The molecule has 1 N–H and O–H groups in total. The monoisotopic (exact) mass is 290 g/mol. The van der Waals surface area contributed by atoms with Gasteiger partial charge in [-0.25, -0.2) is 0 Å². The van der Waals surface area contributed by atoms with Crippen molar-refractivity contribution in [1.82, 2.24) is 4.98 Å². The zero-order valence-electron chi connectivity index (χ0n) is 10.5. The van der Waals surface area contributed by atoms with E-state index in [0.29, 0.717) is 5.75 Å². The summed E-state index contributed by atoms with van der Waals surface area (Å²) in [4.78, 5) is 17.0. The van der Waals surface area contributed by atoms with Gasteiger partial charge >= 0.3 is 0 Å². The van der Waals surface area contributed by atoms with Crippen molar-refractivity contribution in [2.75, 3.05) is 11.6 Å². The Morgan fingerprint density at radius 3 is 2.68 bits per heavy atom. The summed E-state index contributed by atoms with van der Waals surface area (Å²) in [5.74, 6) is 0.628. The number of amides is 1. The zero-order valence-corrected chi connectivity index (χ0v) is 12.1. The van der Waals surface area contributed by atoms with Gasteiger partial charge in [0.25, 0.3) is 5.24 Å². The minimum Gasteiger partial charge on any atom is -0.317 e. The summed E-state index contributed by atoms with van der Waals surface area (Å²) < 4.78 is 0. The summed E-state index contributed by atoms with van der Waals surface area (Å²) in [6.45, 7) is 0. The van der Waals surface area contributed by atoms with Crippen LogP contribution in [0.3, 0.4) is 0 Å². The molecular weight excluding hydrogens is 276 g/mol. The summed E-state index contributed by atoms with van der Waals surface area (Å²) in [7, 11) is 0. The molecule has 5 heteroatoms. The molecule has 98 valence electrons. The highest BCUT2D eigenvalue weighted by Gasteiger charge is 2.04. The van der Waals surface area contributed by atoms with Crippen LogP contribution in [0.25, 0.3) is 0 Å². The number of carbonyl (C=O) groups is 1. The number of nitrogens with zero attached hydrogens (tertiary/aromatic N) is 1. The molecule has 19 heavy (non-hydrogen) atoms. The molecule has 0 bridgehead atoms.